The summed E-state index contributed by atoms with van der Waals surface area (Å²) in [5, 5.41) is 7.41. The van der Waals surface area contributed by atoms with Crippen molar-refractivity contribution in [2.75, 3.05) is 13.7 Å². The van der Waals surface area contributed by atoms with Crippen molar-refractivity contribution >= 4 is 24.2 Å². The smallest absolute Gasteiger partial charge is 0.305 e. The van der Waals surface area contributed by atoms with Crippen LogP contribution < -0.4 is 10.5 Å². The summed E-state index contributed by atoms with van der Waals surface area (Å²) in [5.41, 5.74) is 8.34. The Morgan fingerprint density at radius 1 is 0.962 bits per heavy atom. The van der Waals surface area contributed by atoms with Crippen molar-refractivity contribution in [3.8, 4) is 16.9 Å². The van der Waals surface area contributed by atoms with E-state index in [0.29, 0.717) is 13.0 Å². The van der Waals surface area contributed by atoms with Crippen molar-refractivity contribution < 1.29 is 14.3 Å². The number of ether oxygens (including phenoxy) is 2. The summed E-state index contributed by atoms with van der Waals surface area (Å²) < 4.78 is 10.3. The Bertz CT molecular complexity index is 700. The Balaban J connectivity index is 0.00000338. The van der Waals surface area contributed by atoms with Gasteiger partial charge in [-0.1, -0.05) is 36.4 Å². The molecule has 26 heavy (non-hydrogen) atoms. The third-order valence-electron chi connectivity index (χ3n) is 3.91. The van der Waals surface area contributed by atoms with E-state index in [9.17, 15) is 4.79 Å². The number of methoxy groups -OCH3 is 1. The quantitative estimate of drug-likeness (QED) is 0.297. The lowest BCUT2D eigenvalue weighted by atomic mass is 10.0. The highest BCUT2D eigenvalue weighted by molar-refractivity contribution is 5.95. The van der Waals surface area contributed by atoms with Crippen LogP contribution in [0.25, 0.3) is 11.1 Å². The van der Waals surface area contributed by atoms with Crippen molar-refractivity contribution in [2.24, 2.45) is 5.73 Å². The molecule has 5 nitrogen and oxygen atoms in total. The van der Waals surface area contributed by atoms with E-state index in [1.54, 1.807) is 0 Å². The number of halogens is 1. The molecule has 2 rings (SSSR count). The lowest BCUT2D eigenvalue weighted by Gasteiger charge is -2.08. The van der Waals surface area contributed by atoms with Crippen LogP contribution in [0.4, 0.5) is 0 Å². The van der Waals surface area contributed by atoms with Gasteiger partial charge < -0.3 is 15.2 Å². The first-order valence-corrected chi connectivity index (χ1v) is 8.34. The topological polar surface area (TPSA) is 85.4 Å². The summed E-state index contributed by atoms with van der Waals surface area (Å²) in [6, 6.07) is 15.5. The molecule has 0 aromatic heterocycles. The van der Waals surface area contributed by atoms with E-state index in [2.05, 4.69) is 4.74 Å². The average Bonchev–Trinajstić information content (AvgIpc) is 2.65. The Kier molecular flexibility index (Phi) is 9.23. The highest BCUT2D eigenvalue weighted by atomic mass is 35.5. The van der Waals surface area contributed by atoms with E-state index in [4.69, 9.17) is 15.9 Å². The Morgan fingerprint density at radius 2 is 1.54 bits per heavy atom. The summed E-state index contributed by atoms with van der Waals surface area (Å²) in [4.78, 5) is 11.0. The Labute approximate surface area is 160 Å². The summed E-state index contributed by atoms with van der Waals surface area (Å²) in [5.74, 6) is 0.742. The van der Waals surface area contributed by atoms with E-state index < -0.39 is 0 Å². The molecule has 0 aliphatic rings. The molecule has 0 radical (unpaired) electrons. The van der Waals surface area contributed by atoms with Crippen LogP contribution in [-0.2, 0) is 9.53 Å². The van der Waals surface area contributed by atoms with Crippen LogP contribution in [0.2, 0.25) is 0 Å². The Morgan fingerprint density at radius 3 is 2.08 bits per heavy atom. The predicted octanol–water partition coefficient (Wildman–Crippen LogP) is 4.17. The highest BCUT2D eigenvalue weighted by Crippen LogP contribution is 2.23. The molecule has 140 valence electrons. The number of esters is 1. The average molecular weight is 377 g/mol. The minimum Gasteiger partial charge on any atom is -0.494 e. The number of nitrogens with two attached hydrogens (primary N) is 1. The lowest BCUT2D eigenvalue weighted by molar-refractivity contribution is -0.140. The molecular formula is C20H25ClN2O3. The van der Waals surface area contributed by atoms with Gasteiger partial charge in [0, 0.05) is 12.0 Å². The third kappa shape index (κ3) is 6.76. The van der Waals surface area contributed by atoms with E-state index in [0.717, 1.165) is 41.7 Å². The summed E-state index contributed by atoms with van der Waals surface area (Å²) >= 11 is 0. The standard InChI is InChI=1S/C20H24N2O3.ClH/c1-24-19(23)5-3-2-4-14-25-18-12-10-16(11-13-18)15-6-8-17(9-7-15)20(21)22;/h6-13H,2-5,14H2,1H3,(H3,21,22);1H. The van der Waals surface area contributed by atoms with Gasteiger partial charge in [0.2, 0.25) is 0 Å². The van der Waals surface area contributed by atoms with Crippen molar-refractivity contribution in [1.29, 1.82) is 5.41 Å². The second-order valence-corrected chi connectivity index (χ2v) is 5.75. The molecule has 0 saturated heterocycles. The minimum absolute atomic E-state index is 0. The molecule has 0 amide bonds. The maximum atomic E-state index is 11.0. The molecular weight excluding hydrogens is 352 g/mol. The zero-order chi connectivity index (χ0) is 18.1. The number of hydrogen-bond acceptors (Lipinski definition) is 4. The van der Waals surface area contributed by atoms with Crippen LogP contribution in [0.1, 0.15) is 31.2 Å². The number of benzene rings is 2. The number of hydrogen-bond donors (Lipinski definition) is 2. The van der Waals surface area contributed by atoms with Gasteiger partial charge in [-0.25, -0.2) is 0 Å². The number of amidine groups is 1. The largest absolute Gasteiger partial charge is 0.494 e. The molecule has 6 heteroatoms. The van der Waals surface area contributed by atoms with Gasteiger partial charge in [-0.2, -0.15) is 0 Å². The molecule has 0 fully saturated rings. The fraction of sp³-hybridized carbons (Fsp3) is 0.300. The van der Waals surface area contributed by atoms with Gasteiger partial charge >= 0.3 is 5.97 Å². The third-order valence-corrected chi connectivity index (χ3v) is 3.91. The normalized spacial score (nSPS) is 9.88. The number of unbranched alkanes of at least 4 members (excludes halogenated alkanes) is 2. The van der Waals surface area contributed by atoms with Crippen LogP contribution in [0, 0.1) is 5.41 Å². The molecule has 2 aromatic rings. The first kappa shape index (κ1) is 21.5. The molecule has 0 saturated carbocycles. The van der Waals surface area contributed by atoms with E-state index >= 15 is 0 Å². The molecule has 0 heterocycles. The van der Waals surface area contributed by atoms with E-state index in [1.165, 1.54) is 7.11 Å². The first-order valence-electron chi connectivity index (χ1n) is 8.34. The van der Waals surface area contributed by atoms with Gasteiger partial charge in [-0.15, -0.1) is 12.4 Å². The van der Waals surface area contributed by atoms with Crippen LogP contribution in [0.15, 0.2) is 48.5 Å². The number of carbonyl (C=O) groups excluding carboxylic acids is 1. The molecule has 0 aliphatic heterocycles. The molecule has 0 bridgehead atoms. The monoisotopic (exact) mass is 376 g/mol. The van der Waals surface area contributed by atoms with Crippen LogP contribution in [-0.4, -0.2) is 25.5 Å². The second-order valence-electron chi connectivity index (χ2n) is 5.75. The zero-order valence-electron chi connectivity index (χ0n) is 14.9. The van der Waals surface area contributed by atoms with Gasteiger partial charge in [-0.3, -0.25) is 10.2 Å². The van der Waals surface area contributed by atoms with Crippen molar-refractivity contribution in [3.05, 3.63) is 54.1 Å². The fourth-order valence-electron chi connectivity index (χ4n) is 2.43. The number of nitrogen functional groups attached to an aromatic ring is 1. The predicted molar refractivity (Wildman–Crippen MR) is 106 cm³/mol. The van der Waals surface area contributed by atoms with Crippen molar-refractivity contribution in [1.82, 2.24) is 0 Å². The number of carbonyl (C=O) groups is 1. The van der Waals surface area contributed by atoms with E-state index in [-0.39, 0.29) is 24.2 Å². The second kappa shape index (κ2) is 11.2. The van der Waals surface area contributed by atoms with E-state index in [1.807, 2.05) is 48.5 Å². The minimum atomic E-state index is -0.159. The summed E-state index contributed by atoms with van der Waals surface area (Å²) in [6.07, 6.45) is 3.14. The highest BCUT2D eigenvalue weighted by Gasteiger charge is 2.02. The van der Waals surface area contributed by atoms with Gasteiger partial charge in [0.25, 0.3) is 0 Å². The molecule has 0 atom stereocenters. The van der Waals surface area contributed by atoms with Crippen LogP contribution in [0.3, 0.4) is 0 Å². The number of rotatable bonds is 9. The van der Waals surface area contributed by atoms with Crippen molar-refractivity contribution in [2.45, 2.75) is 25.7 Å². The molecule has 0 spiro atoms. The molecule has 0 aliphatic carbocycles. The summed E-state index contributed by atoms with van der Waals surface area (Å²) in [6.45, 7) is 0.633. The fourth-order valence-corrected chi connectivity index (χ4v) is 2.43. The molecule has 2 aromatic carbocycles. The van der Waals surface area contributed by atoms with Gasteiger partial charge in [0.05, 0.1) is 13.7 Å². The summed E-state index contributed by atoms with van der Waals surface area (Å²) in [7, 11) is 1.41. The SMILES string of the molecule is COC(=O)CCCCCOc1ccc(-c2ccc(C(=N)N)cc2)cc1.Cl. The maximum absolute atomic E-state index is 11.0. The molecule has 3 N–H and O–H groups in total. The Hall–Kier alpha value is -2.53. The van der Waals surface area contributed by atoms with Crippen LogP contribution in [0.5, 0.6) is 5.75 Å². The van der Waals surface area contributed by atoms with Gasteiger partial charge in [0.1, 0.15) is 11.6 Å². The zero-order valence-corrected chi connectivity index (χ0v) is 15.7. The van der Waals surface area contributed by atoms with Gasteiger partial charge in [-0.05, 0) is 42.5 Å². The molecule has 0 unspecified atom stereocenters. The first-order chi connectivity index (χ1) is 12.1. The lowest BCUT2D eigenvalue weighted by Crippen LogP contribution is -2.10. The van der Waals surface area contributed by atoms with Gasteiger partial charge in [0.15, 0.2) is 0 Å². The van der Waals surface area contributed by atoms with Crippen LogP contribution >= 0.6 is 12.4 Å². The number of nitrogens with one attached hydrogen (secondary N) is 1. The maximum Gasteiger partial charge on any atom is 0.305 e. The van der Waals surface area contributed by atoms with Crippen molar-refractivity contribution in [3.63, 3.8) is 0 Å².